The summed E-state index contributed by atoms with van der Waals surface area (Å²) in [5, 5.41) is 0. The van der Waals surface area contributed by atoms with Crippen molar-refractivity contribution >= 4 is 27.7 Å². The quantitative estimate of drug-likeness (QED) is 0.915. The Balaban J connectivity index is 1.97. The van der Waals surface area contributed by atoms with Crippen molar-refractivity contribution in [3.8, 4) is 0 Å². The molecule has 1 amide bonds. The van der Waals surface area contributed by atoms with Gasteiger partial charge in [-0.15, -0.1) is 0 Å². The maximum absolute atomic E-state index is 11.6. The molecule has 0 aromatic heterocycles. The van der Waals surface area contributed by atoms with E-state index in [4.69, 9.17) is 10.5 Å². The van der Waals surface area contributed by atoms with Crippen LogP contribution in [-0.2, 0) is 11.3 Å². The van der Waals surface area contributed by atoms with Gasteiger partial charge < -0.3 is 20.3 Å². The molecule has 1 aromatic carbocycles. The minimum absolute atomic E-state index is 0.216. The van der Waals surface area contributed by atoms with E-state index in [1.807, 2.05) is 13.0 Å². The second-order valence-electron chi connectivity index (χ2n) is 4.65. The fraction of sp³-hybridized carbons (Fsp3) is 0.500. The number of rotatable bonds is 3. The van der Waals surface area contributed by atoms with Gasteiger partial charge in [-0.1, -0.05) is 22.0 Å². The largest absolute Gasteiger partial charge is 0.450 e. The molecule has 1 heterocycles. The summed E-state index contributed by atoms with van der Waals surface area (Å²) in [7, 11) is 0. The van der Waals surface area contributed by atoms with Crippen molar-refractivity contribution in [2.75, 3.05) is 37.7 Å². The van der Waals surface area contributed by atoms with Crippen LogP contribution in [0.25, 0.3) is 0 Å². The van der Waals surface area contributed by atoms with Gasteiger partial charge in [0.25, 0.3) is 0 Å². The molecular weight excluding hydrogens is 322 g/mol. The number of ether oxygens (including phenoxy) is 1. The SMILES string of the molecule is CCOC(=O)N1CCN(c2ccc(CN)c(Br)c2)CC1. The highest BCUT2D eigenvalue weighted by Gasteiger charge is 2.22. The number of piperazine rings is 1. The summed E-state index contributed by atoms with van der Waals surface area (Å²) in [5.41, 5.74) is 7.90. The van der Waals surface area contributed by atoms with Gasteiger partial charge in [-0.3, -0.25) is 0 Å². The van der Waals surface area contributed by atoms with Crippen LogP contribution in [0, 0.1) is 0 Å². The minimum Gasteiger partial charge on any atom is -0.450 e. The second kappa shape index (κ2) is 6.95. The van der Waals surface area contributed by atoms with Crippen LogP contribution in [0.15, 0.2) is 22.7 Å². The van der Waals surface area contributed by atoms with Crippen molar-refractivity contribution in [1.29, 1.82) is 0 Å². The number of anilines is 1. The average molecular weight is 342 g/mol. The van der Waals surface area contributed by atoms with E-state index in [0.29, 0.717) is 26.2 Å². The number of carbonyl (C=O) groups excluding carboxylic acids is 1. The lowest BCUT2D eigenvalue weighted by atomic mass is 10.2. The van der Waals surface area contributed by atoms with E-state index >= 15 is 0 Å². The molecule has 0 atom stereocenters. The Labute approximate surface area is 127 Å². The number of halogens is 1. The Hall–Kier alpha value is -1.27. The first-order chi connectivity index (χ1) is 9.65. The molecule has 110 valence electrons. The summed E-state index contributed by atoms with van der Waals surface area (Å²) in [5.74, 6) is 0. The van der Waals surface area contributed by atoms with Gasteiger partial charge in [0.1, 0.15) is 0 Å². The maximum atomic E-state index is 11.6. The van der Waals surface area contributed by atoms with Crippen LogP contribution in [-0.4, -0.2) is 43.8 Å². The van der Waals surface area contributed by atoms with Crippen molar-refractivity contribution in [3.05, 3.63) is 28.2 Å². The summed E-state index contributed by atoms with van der Waals surface area (Å²) in [6.07, 6.45) is -0.216. The second-order valence-corrected chi connectivity index (χ2v) is 5.51. The minimum atomic E-state index is -0.216. The van der Waals surface area contributed by atoms with Gasteiger partial charge in [0.05, 0.1) is 6.61 Å². The van der Waals surface area contributed by atoms with Crippen molar-refractivity contribution in [3.63, 3.8) is 0 Å². The molecule has 0 aliphatic carbocycles. The highest BCUT2D eigenvalue weighted by molar-refractivity contribution is 9.10. The van der Waals surface area contributed by atoms with Crippen LogP contribution < -0.4 is 10.6 Å². The van der Waals surface area contributed by atoms with Crippen molar-refractivity contribution in [2.45, 2.75) is 13.5 Å². The zero-order valence-corrected chi connectivity index (χ0v) is 13.2. The normalized spacial score (nSPS) is 15.3. The first-order valence-electron chi connectivity index (χ1n) is 6.80. The van der Waals surface area contributed by atoms with Crippen LogP contribution >= 0.6 is 15.9 Å². The highest BCUT2D eigenvalue weighted by Crippen LogP contribution is 2.24. The molecule has 1 saturated heterocycles. The average Bonchev–Trinajstić information content (AvgIpc) is 2.47. The van der Waals surface area contributed by atoms with Gasteiger partial charge >= 0.3 is 6.09 Å². The lowest BCUT2D eigenvalue weighted by molar-refractivity contribution is 0.105. The fourth-order valence-corrected chi connectivity index (χ4v) is 2.79. The Kier molecular flexibility index (Phi) is 5.25. The molecule has 0 unspecified atom stereocenters. The third-order valence-electron chi connectivity index (χ3n) is 3.43. The van der Waals surface area contributed by atoms with Crippen LogP contribution in [0.2, 0.25) is 0 Å². The third-order valence-corrected chi connectivity index (χ3v) is 4.17. The smallest absolute Gasteiger partial charge is 0.409 e. The van der Waals surface area contributed by atoms with E-state index in [2.05, 4.69) is 33.0 Å². The van der Waals surface area contributed by atoms with Gasteiger partial charge in [0.2, 0.25) is 0 Å². The van der Waals surface area contributed by atoms with E-state index in [-0.39, 0.29) is 6.09 Å². The Morgan fingerprint density at radius 3 is 2.60 bits per heavy atom. The van der Waals surface area contributed by atoms with E-state index in [1.165, 1.54) is 0 Å². The number of nitrogens with zero attached hydrogens (tertiary/aromatic N) is 2. The van der Waals surface area contributed by atoms with E-state index in [0.717, 1.165) is 28.8 Å². The summed E-state index contributed by atoms with van der Waals surface area (Å²) < 4.78 is 6.05. The zero-order chi connectivity index (χ0) is 14.5. The molecule has 1 aliphatic heterocycles. The van der Waals surface area contributed by atoms with E-state index in [1.54, 1.807) is 4.90 Å². The lowest BCUT2D eigenvalue weighted by Gasteiger charge is -2.35. The van der Waals surface area contributed by atoms with Gasteiger partial charge in [-0.05, 0) is 24.6 Å². The summed E-state index contributed by atoms with van der Waals surface area (Å²) >= 11 is 3.54. The molecule has 2 N–H and O–H groups in total. The zero-order valence-electron chi connectivity index (χ0n) is 11.6. The van der Waals surface area contributed by atoms with Crippen LogP contribution in [0.5, 0.6) is 0 Å². The van der Waals surface area contributed by atoms with E-state index in [9.17, 15) is 4.79 Å². The molecule has 6 heteroatoms. The molecule has 0 spiro atoms. The van der Waals surface area contributed by atoms with Crippen LogP contribution in [0.3, 0.4) is 0 Å². The molecular formula is C14H20BrN3O2. The topological polar surface area (TPSA) is 58.8 Å². The number of benzene rings is 1. The Morgan fingerprint density at radius 1 is 1.35 bits per heavy atom. The Morgan fingerprint density at radius 2 is 2.05 bits per heavy atom. The molecule has 5 nitrogen and oxygen atoms in total. The maximum Gasteiger partial charge on any atom is 0.409 e. The molecule has 0 bridgehead atoms. The monoisotopic (exact) mass is 341 g/mol. The van der Waals surface area contributed by atoms with Crippen LogP contribution in [0.4, 0.5) is 10.5 Å². The first kappa shape index (κ1) is 15.1. The number of hydrogen-bond donors (Lipinski definition) is 1. The molecule has 1 aromatic rings. The van der Waals surface area contributed by atoms with E-state index < -0.39 is 0 Å². The summed E-state index contributed by atoms with van der Waals surface area (Å²) in [6, 6.07) is 6.20. The number of hydrogen-bond acceptors (Lipinski definition) is 4. The van der Waals surface area contributed by atoms with Gasteiger partial charge in [0.15, 0.2) is 0 Å². The lowest BCUT2D eigenvalue weighted by Crippen LogP contribution is -2.49. The van der Waals surface area contributed by atoms with Crippen molar-refractivity contribution in [1.82, 2.24) is 4.90 Å². The Bertz CT molecular complexity index is 473. The number of nitrogens with two attached hydrogens (primary N) is 1. The fourth-order valence-electron chi connectivity index (χ4n) is 2.26. The van der Waals surface area contributed by atoms with Crippen molar-refractivity contribution in [2.24, 2.45) is 5.73 Å². The van der Waals surface area contributed by atoms with Gasteiger partial charge in [0, 0.05) is 42.9 Å². The van der Waals surface area contributed by atoms with Gasteiger partial charge in [-0.25, -0.2) is 4.79 Å². The number of carbonyl (C=O) groups is 1. The summed E-state index contributed by atoms with van der Waals surface area (Å²) in [4.78, 5) is 15.7. The number of amides is 1. The van der Waals surface area contributed by atoms with Crippen LogP contribution in [0.1, 0.15) is 12.5 Å². The standard InChI is InChI=1S/C14H20BrN3O2/c1-2-20-14(19)18-7-5-17(6-8-18)12-4-3-11(10-16)13(15)9-12/h3-4,9H,2,5-8,10,16H2,1H3. The molecule has 0 radical (unpaired) electrons. The summed E-state index contributed by atoms with van der Waals surface area (Å²) in [6.45, 7) is 5.78. The first-order valence-corrected chi connectivity index (χ1v) is 7.60. The predicted octanol–water partition coefficient (Wildman–Crippen LogP) is 2.19. The highest BCUT2D eigenvalue weighted by atomic mass is 79.9. The molecule has 20 heavy (non-hydrogen) atoms. The molecule has 0 saturated carbocycles. The molecule has 1 fully saturated rings. The molecule has 1 aliphatic rings. The predicted molar refractivity (Wildman–Crippen MR) is 82.8 cm³/mol. The van der Waals surface area contributed by atoms with Crippen molar-refractivity contribution < 1.29 is 9.53 Å². The molecule has 2 rings (SSSR count). The third kappa shape index (κ3) is 3.43. The van der Waals surface area contributed by atoms with Gasteiger partial charge in [-0.2, -0.15) is 0 Å².